The third kappa shape index (κ3) is 3.63. The summed E-state index contributed by atoms with van der Waals surface area (Å²) in [5.41, 5.74) is 0. The predicted molar refractivity (Wildman–Crippen MR) is 65.4 cm³/mol. The van der Waals surface area contributed by atoms with Crippen molar-refractivity contribution in [3.05, 3.63) is 0 Å². The molecule has 0 aliphatic carbocycles. The van der Waals surface area contributed by atoms with Crippen molar-refractivity contribution in [2.45, 2.75) is 37.9 Å². The van der Waals surface area contributed by atoms with Crippen LogP contribution in [0.25, 0.3) is 0 Å². The molecule has 0 aliphatic heterocycles. The zero-order valence-corrected chi connectivity index (χ0v) is 12.2. The second-order valence-corrected chi connectivity index (χ2v) is 8.17. The topological polar surface area (TPSA) is 52.6 Å². The van der Waals surface area contributed by atoms with Crippen molar-refractivity contribution >= 4 is 36.5 Å². The summed E-state index contributed by atoms with van der Waals surface area (Å²) in [6.45, 7) is 6.72. The Hall–Kier alpha value is 0.240. The molecule has 0 saturated heterocycles. The fourth-order valence-corrected chi connectivity index (χ4v) is 3.59. The van der Waals surface area contributed by atoms with Crippen molar-refractivity contribution in [1.29, 1.82) is 0 Å². The van der Waals surface area contributed by atoms with Gasteiger partial charge in [0.1, 0.15) is 0 Å². The van der Waals surface area contributed by atoms with Gasteiger partial charge in [-0.3, -0.25) is 4.57 Å². The lowest BCUT2D eigenvalue weighted by Crippen LogP contribution is -2.32. The Kier molecular flexibility index (Phi) is 6.34. The Morgan fingerprint density at radius 2 is 1.88 bits per heavy atom. The second-order valence-electron chi connectivity index (χ2n) is 3.40. The lowest BCUT2D eigenvalue weighted by atomic mass is 10.5. The molecule has 0 heterocycles. The molecule has 0 N–H and O–H groups in total. The van der Waals surface area contributed by atoms with E-state index in [2.05, 4.69) is 0 Å². The molecule has 0 aliphatic rings. The second kappa shape index (κ2) is 6.25. The minimum Gasteiger partial charge on any atom is -0.460 e. The van der Waals surface area contributed by atoms with E-state index in [4.69, 9.17) is 32.5 Å². The molecule has 7 heteroatoms. The summed E-state index contributed by atoms with van der Waals surface area (Å²) in [6.07, 6.45) is -0.308. The molecule has 1 atom stereocenters. The van der Waals surface area contributed by atoms with E-state index in [-0.39, 0.29) is 18.9 Å². The van der Waals surface area contributed by atoms with Gasteiger partial charge in [0.05, 0.1) is 12.7 Å². The molecule has 0 aromatic carbocycles. The average molecular weight is 291 g/mol. The van der Waals surface area contributed by atoms with Crippen LogP contribution in [0.1, 0.15) is 27.7 Å². The van der Waals surface area contributed by atoms with Crippen LogP contribution in [0.5, 0.6) is 0 Å². The number of alkyl halides is 2. The molecular formula is C9H17Cl2O4P. The highest BCUT2D eigenvalue weighted by Gasteiger charge is 2.53. The number of halogens is 2. The summed E-state index contributed by atoms with van der Waals surface area (Å²) in [4.78, 5) is 11.6. The average Bonchev–Trinajstić information content (AvgIpc) is 2.16. The van der Waals surface area contributed by atoms with E-state index < -0.39 is 17.4 Å². The smallest absolute Gasteiger partial charge is 0.353 e. The molecule has 0 spiro atoms. The molecule has 0 radical (unpaired) electrons. The number of rotatable bonds is 6. The lowest BCUT2D eigenvalue weighted by molar-refractivity contribution is -0.146. The number of esters is 1. The maximum absolute atomic E-state index is 12.2. The van der Waals surface area contributed by atoms with Crippen LogP contribution < -0.4 is 0 Å². The van der Waals surface area contributed by atoms with Crippen molar-refractivity contribution in [2.75, 3.05) is 12.8 Å². The summed E-state index contributed by atoms with van der Waals surface area (Å²) in [6, 6.07) is 0. The normalized spacial score (nSPS) is 15.9. The summed E-state index contributed by atoms with van der Waals surface area (Å²) in [5, 5.41) is 0. The lowest BCUT2D eigenvalue weighted by Gasteiger charge is -2.27. The van der Waals surface area contributed by atoms with Crippen LogP contribution in [0.3, 0.4) is 0 Å². The van der Waals surface area contributed by atoms with Gasteiger partial charge in [-0.15, -0.1) is 0 Å². The molecule has 16 heavy (non-hydrogen) atoms. The fraction of sp³-hybridized carbons (Fsp3) is 0.889. The van der Waals surface area contributed by atoms with E-state index in [9.17, 15) is 9.36 Å². The predicted octanol–water partition coefficient (Wildman–Crippen LogP) is 3.40. The number of carbonyl (C=O) groups excluding carboxylic acids is 1. The van der Waals surface area contributed by atoms with Crippen molar-refractivity contribution in [1.82, 2.24) is 0 Å². The number of ether oxygens (including phenoxy) is 1. The van der Waals surface area contributed by atoms with E-state index in [0.717, 1.165) is 0 Å². The Bertz CT molecular complexity index is 291. The quantitative estimate of drug-likeness (QED) is 0.427. The summed E-state index contributed by atoms with van der Waals surface area (Å²) >= 11 is 11.6. The molecule has 0 amide bonds. The van der Waals surface area contributed by atoms with Crippen LogP contribution in [0.2, 0.25) is 0 Å². The third-order valence-electron chi connectivity index (χ3n) is 1.77. The zero-order valence-electron chi connectivity index (χ0n) is 9.83. The number of carbonyl (C=O) groups is 1. The number of hydrogen-bond donors (Lipinski definition) is 0. The van der Waals surface area contributed by atoms with Crippen molar-refractivity contribution in [2.24, 2.45) is 0 Å². The van der Waals surface area contributed by atoms with Gasteiger partial charge >= 0.3 is 5.97 Å². The highest BCUT2D eigenvalue weighted by atomic mass is 35.5. The first-order valence-corrected chi connectivity index (χ1v) is 7.60. The van der Waals surface area contributed by atoms with Crippen LogP contribution in [0, 0.1) is 0 Å². The van der Waals surface area contributed by atoms with Crippen molar-refractivity contribution in [3.8, 4) is 0 Å². The molecule has 0 saturated carbocycles. The first kappa shape index (κ1) is 16.2. The van der Waals surface area contributed by atoms with Gasteiger partial charge in [-0.05, 0) is 20.8 Å². The highest BCUT2D eigenvalue weighted by molar-refractivity contribution is 7.66. The van der Waals surface area contributed by atoms with Gasteiger partial charge in [-0.25, -0.2) is 4.79 Å². The van der Waals surface area contributed by atoms with Crippen LogP contribution in [0.4, 0.5) is 0 Å². The molecule has 4 nitrogen and oxygen atoms in total. The van der Waals surface area contributed by atoms with Crippen LogP contribution in [0.15, 0.2) is 0 Å². The van der Waals surface area contributed by atoms with E-state index in [1.54, 1.807) is 27.7 Å². The monoisotopic (exact) mass is 290 g/mol. The summed E-state index contributed by atoms with van der Waals surface area (Å²) < 4.78 is 20.0. The van der Waals surface area contributed by atoms with Crippen molar-refractivity contribution < 1.29 is 18.6 Å². The summed E-state index contributed by atoms with van der Waals surface area (Å²) in [5.74, 6) is -0.926. The zero-order chi connectivity index (χ0) is 13.0. The third-order valence-corrected chi connectivity index (χ3v) is 6.17. The van der Waals surface area contributed by atoms with Gasteiger partial charge < -0.3 is 9.26 Å². The van der Waals surface area contributed by atoms with Gasteiger partial charge in [0.25, 0.3) is 4.07 Å². The largest absolute Gasteiger partial charge is 0.460 e. The maximum atomic E-state index is 12.2. The molecule has 0 aromatic heterocycles. The van der Waals surface area contributed by atoms with Gasteiger partial charge in [0.15, 0.2) is 0 Å². The molecule has 1 unspecified atom stereocenters. The Labute approximate surface area is 106 Å². The molecule has 0 bridgehead atoms. The van der Waals surface area contributed by atoms with Crippen LogP contribution in [-0.4, -0.2) is 28.9 Å². The van der Waals surface area contributed by atoms with E-state index in [0.29, 0.717) is 0 Å². The Balaban J connectivity index is 4.99. The Morgan fingerprint density at radius 3 is 2.19 bits per heavy atom. The summed E-state index contributed by atoms with van der Waals surface area (Å²) in [7, 11) is -3.46. The molecular weight excluding hydrogens is 274 g/mol. The van der Waals surface area contributed by atoms with Gasteiger partial charge in [-0.1, -0.05) is 30.1 Å². The maximum Gasteiger partial charge on any atom is 0.353 e. The molecule has 0 aromatic rings. The minimum atomic E-state index is -3.46. The number of hydrogen-bond acceptors (Lipinski definition) is 4. The van der Waals surface area contributed by atoms with E-state index in [1.807, 2.05) is 0 Å². The molecule has 0 fully saturated rings. The van der Waals surface area contributed by atoms with Gasteiger partial charge in [0.2, 0.25) is 7.37 Å². The van der Waals surface area contributed by atoms with Crippen molar-refractivity contribution in [3.63, 3.8) is 0 Å². The first-order chi connectivity index (χ1) is 7.21. The van der Waals surface area contributed by atoms with Gasteiger partial charge in [-0.2, -0.15) is 0 Å². The van der Waals surface area contributed by atoms with Gasteiger partial charge in [0, 0.05) is 6.16 Å². The fourth-order valence-electron chi connectivity index (χ4n) is 1.00. The van der Waals surface area contributed by atoms with E-state index in [1.165, 1.54) is 0 Å². The highest BCUT2D eigenvalue weighted by Crippen LogP contribution is 2.63. The van der Waals surface area contributed by atoms with Crippen LogP contribution >= 0.6 is 30.6 Å². The van der Waals surface area contributed by atoms with E-state index >= 15 is 0 Å². The molecule has 0 rings (SSSR count). The SMILES string of the molecule is CCOP(=O)(CC)C(Cl)(Cl)C(=O)OC(C)C. The van der Waals surface area contributed by atoms with Crippen LogP contribution in [-0.2, 0) is 18.6 Å². The first-order valence-electron chi connectivity index (χ1n) is 5.03. The minimum absolute atomic E-state index is 0.0705. The standard InChI is InChI=1S/C9H17Cl2O4P/c1-5-14-16(13,6-2)9(10,11)8(12)15-7(3)4/h7H,5-6H2,1-4H3. The molecule has 96 valence electrons. The Morgan fingerprint density at radius 1 is 1.38 bits per heavy atom.